The molecule has 128 valence electrons. The van der Waals surface area contributed by atoms with E-state index in [1.54, 1.807) is 0 Å². The number of rotatable bonds is 5. The first kappa shape index (κ1) is 16.6. The summed E-state index contributed by atoms with van der Waals surface area (Å²) in [5.74, 6) is 0.698. The number of anilines is 2. The standard InChI is InChI=1S/C19H25N3O2/c1-3-8-24-19-18(22-6-9-23-10-7-22)11-15(13-21-19)17-12-16(20)5-4-14(17)2/h4-5,11-13H,3,6-10,20H2,1-2H3. The van der Waals surface area contributed by atoms with Crippen molar-refractivity contribution in [2.75, 3.05) is 43.5 Å². The van der Waals surface area contributed by atoms with Crippen LogP contribution in [-0.2, 0) is 4.74 Å². The van der Waals surface area contributed by atoms with Crippen molar-refractivity contribution in [1.82, 2.24) is 4.98 Å². The van der Waals surface area contributed by atoms with Crippen molar-refractivity contribution < 1.29 is 9.47 Å². The fourth-order valence-electron chi connectivity index (χ4n) is 2.88. The summed E-state index contributed by atoms with van der Waals surface area (Å²) in [6.45, 7) is 8.02. The second-order valence-electron chi connectivity index (χ2n) is 6.07. The van der Waals surface area contributed by atoms with Gasteiger partial charge in [-0.25, -0.2) is 4.98 Å². The molecule has 2 aromatic rings. The first-order valence-corrected chi connectivity index (χ1v) is 8.51. The Bertz CT molecular complexity index is 697. The Morgan fingerprint density at radius 2 is 2.04 bits per heavy atom. The lowest BCUT2D eigenvalue weighted by atomic mass is 10.0. The summed E-state index contributed by atoms with van der Waals surface area (Å²) in [6.07, 6.45) is 2.83. The Kier molecular flexibility index (Phi) is 5.20. The van der Waals surface area contributed by atoms with Crippen LogP contribution >= 0.6 is 0 Å². The molecule has 0 spiro atoms. The summed E-state index contributed by atoms with van der Waals surface area (Å²) >= 11 is 0. The van der Waals surface area contributed by atoms with Crippen molar-refractivity contribution in [1.29, 1.82) is 0 Å². The summed E-state index contributed by atoms with van der Waals surface area (Å²) in [6, 6.07) is 8.13. The maximum absolute atomic E-state index is 5.97. The average Bonchev–Trinajstić information content (AvgIpc) is 2.62. The van der Waals surface area contributed by atoms with Gasteiger partial charge in [0.1, 0.15) is 5.69 Å². The molecule has 0 unspecified atom stereocenters. The first-order chi connectivity index (χ1) is 11.7. The lowest BCUT2D eigenvalue weighted by Crippen LogP contribution is -2.36. The highest BCUT2D eigenvalue weighted by Gasteiger charge is 2.18. The van der Waals surface area contributed by atoms with Crippen LogP contribution in [0, 0.1) is 6.92 Å². The molecule has 5 heteroatoms. The van der Waals surface area contributed by atoms with E-state index in [1.807, 2.05) is 24.4 Å². The Morgan fingerprint density at radius 1 is 1.25 bits per heavy atom. The Hall–Kier alpha value is -2.27. The number of nitrogen functional groups attached to an aromatic ring is 1. The molecular weight excluding hydrogens is 302 g/mol. The highest BCUT2D eigenvalue weighted by atomic mass is 16.5. The highest BCUT2D eigenvalue weighted by molar-refractivity contribution is 5.74. The van der Waals surface area contributed by atoms with Gasteiger partial charge in [-0.1, -0.05) is 13.0 Å². The van der Waals surface area contributed by atoms with E-state index in [2.05, 4.69) is 29.8 Å². The first-order valence-electron chi connectivity index (χ1n) is 8.51. The predicted octanol–water partition coefficient (Wildman–Crippen LogP) is 3.26. The number of hydrogen-bond acceptors (Lipinski definition) is 5. The van der Waals surface area contributed by atoms with E-state index in [4.69, 9.17) is 15.2 Å². The van der Waals surface area contributed by atoms with Crippen molar-refractivity contribution in [3.63, 3.8) is 0 Å². The summed E-state index contributed by atoms with van der Waals surface area (Å²) in [5.41, 5.74) is 11.1. The maximum atomic E-state index is 5.97. The molecule has 1 aliphatic rings. The van der Waals surface area contributed by atoms with E-state index in [9.17, 15) is 0 Å². The minimum Gasteiger partial charge on any atom is -0.476 e. The molecule has 2 heterocycles. The summed E-state index contributed by atoms with van der Waals surface area (Å²) in [5, 5.41) is 0. The number of aryl methyl sites for hydroxylation is 1. The second kappa shape index (κ2) is 7.53. The van der Waals surface area contributed by atoms with Crippen molar-refractivity contribution in [3.05, 3.63) is 36.0 Å². The van der Waals surface area contributed by atoms with Gasteiger partial charge in [0.15, 0.2) is 0 Å². The van der Waals surface area contributed by atoms with Gasteiger partial charge in [-0.15, -0.1) is 0 Å². The van der Waals surface area contributed by atoms with E-state index < -0.39 is 0 Å². The van der Waals surface area contributed by atoms with Gasteiger partial charge in [-0.05, 0) is 42.7 Å². The van der Waals surface area contributed by atoms with Gasteiger partial charge in [0, 0.05) is 30.5 Å². The molecule has 1 saturated heterocycles. The summed E-state index contributed by atoms with van der Waals surface area (Å²) in [4.78, 5) is 6.88. The third-order valence-corrected chi connectivity index (χ3v) is 4.20. The van der Waals surface area contributed by atoms with Crippen LogP contribution in [0.4, 0.5) is 11.4 Å². The van der Waals surface area contributed by atoms with Crippen molar-refractivity contribution in [2.45, 2.75) is 20.3 Å². The van der Waals surface area contributed by atoms with Crippen LogP contribution in [0.5, 0.6) is 5.88 Å². The number of morpholine rings is 1. The molecule has 24 heavy (non-hydrogen) atoms. The largest absolute Gasteiger partial charge is 0.476 e. The fraction of sp³-hybridized carbons (Fsp3) is 0.421. The van der Waals surface area contributed by atoms with E-state index in [-0.39, 0.29) is 0 Å². The monoisotopic (exact) mass is 327 g/mol. The number of nitrogens with two attached hydrogens (primary N) is 1. The normalized spacial score (nSPS) is 14.7. The van der Waals surface area contributed by atoms with Crippen LogP contribution in [0.2, 0.25) is 0 Å². The molecular formula is C19H25N3O2. The molecule has 1 aromatic carbocycles. The molecule has 0 atom stereocenters. The third kappa shape index (κ3) is 3.62. The van der Waals surface area contributed by atoms with Gasteiger partial charge in [0.2, 0.25) is 5.88 Å². The zero-order chi connectivity index (χ0) is 16.9. The number of ether oxygens (including phenoxy) is 2. The number of aromatic nitrogens is 1. The average molecular weight is 327 g/mol. The van der Waals surface area contributed by atoms with Crippen LogP contribution in [-0.4, -0.2) is 37.9 Å². The smallest absolute Gasteiger partial charge is 0.237 e. The van der Waals surface area contributed by atoms with Gasteiger partial charge in [0.05, 0.1) is 19.8 Å². The van der Waals surface area contributed by atoms with Crippen molar-refractivity contribution in [2.24, 2.45) is 0 Å². The molecule has 1 aromatic heterocycles. The molecule has 3 rings (SSSR count). The summed E-state index contributed by atoms with van der Waals surface area (Å²) in [7, 11) is 0. The van der Waals surface area contributed by atoms with Crippen molar-refractivity contribution >= 4 is 11.4 Å². The molecule has 0 saturated carbocycles. The van der Waals surface area contributed by atoms with Crippen LogP contribution in [0.3, 0.4) is 0 Å². The van der Waals surface area contributed by atoms with Gasteiger partial charge < -0.3 is 20.1 Å². The van der Waals surface area contributed by atoms with Crippen LogP contribution in [0.1, 0.15) is 18.9 Å². The zero-order valence-electron chi connectivity index (χ0n) is 14.4. The zero-order valence-corrected chi connectivity index (χ0v) is 14.4. The third-order valence-electron chi connectivity index (χ3n) is 4.20. The van der Waals surface area contributed by atoms with E-state index in [0.717, 1.165) is 55.2 Å². The molecule has 0 radical (unpaired) electrons. The number of hydrogen-bond donors (Lipinski definition) is 1. The number of pyridine rings is 1. The second-order valence-corrected chi connectivity index (χ2v) is 6.07. The van der Waals surface area contributed by atoms with Crippen LogP contribution < -0.4 is 15.4 Å². The highest BCUT2D eigenvalue weighted by Crippen LogP contribution is 2.33. The van der Waals surface area contributed by atoms with E-state index in [1.165, 1.54) is 5.56 Å². The summed E-state index contributed by atoms with van der Waals surface area (Å²) < 4.78 is 11.3. The molecule has 0 amide bonds. The van der Waals surface area contributed by atoms with E-state index >= 15 is 0 Å². The fourth-order valence-corrected chi connectivity index (χ4v) is 2.88. The minimum atomic E-state index is 0.668. The number of benzene rings is 1. The molecule has 1 aliphatic heterocycles. The van der Waals surface area contributed by atoms with Crippen molar-refractivity contribution in [3.8, 4) is 17.0 Å². The van der Waals surface area contributed by atoms with E-state index in [0.29, 0.717) is 12.5 Å². The van der Waals surface area contributed by atoms with Gasteiger partial charge in [0.25, 0.3) is 0 Å². The molecule has 2 N–H and O–H groups in total. The lowest BCUT2D eigenvalue weighted by Gasteiger charge is -2.30. The lowest BCUT2D eigenvalue weighted by molar-refractivity contribution is 0.122. The van der Waals surface area contributed by atoms with Gasteiger partial charge >= 0.3 is 0 Å². The van der Waals surface area contributed by atoms with Crippen LogP contribution in [0.25, 0.3) is 11.1 Å². The van der Waals surface area contributed by atoms with Crippen LogP contribution in [0.15, 0.2) is 30.5 Å². The SMILES string of the molecule is CCCOc1ncc(-c2cc(N)ccc2C)cc1N1CCOCC1. The molecule has 1 fully saturated rings. The van der Waals surface area contributed by atoms with Gasteiger partial charge in [-0.2, -0.15) is 0 Å². The Morgan fingerprint density at radius 3 is 2.79 bits per heavy atom. The Balaban J connectivity index is 2.00. The predicted molar refractivity (Wildman–Crippen MR) is 97.6 cm³/mol. The maximum Gasteiger partial charge on any atom is 0.237 e. The molecule has 0 aliphatic carbocycles. The Labute approximate surface area is 143 Å². The quantitative estimate of drug-likeness (QED) is 0.854. The minimum absolute atomic E-state index is 0.668. The molecule has 0 bridgehead atoms. The van der Waals surface area contributed by atoms with Gasteiger partial charge in [-0.3, -0.25) is 0 Å². The molecule has 5 nitrogen and oxygen atoms in total. The number of nitrogens with zero attached hydrogens (tertiary/aromatic N) is 2. The topological polar surface area (TPSA) is 60.6 Å².